The van der Waals surface area contributed by atoms with Crippen LogP contribution >= 0.6 is 15.9 Å². The van der Waals surface area contributed by atoms with Crippen molar-refractivity contribution in [2.75, 3.05) is 14.1 Å². The van der Waals surface area contributed by atoms with Crippen molar-refractivity contribution in [3.05, 3.63) is 28.5 Å². The summed E-state index contributed by atoms with van der Waals surface area (Å²) in [6.07, 6.45) is 1.92. The van der Waals surface area contributed by atoms with Gasteiger partial charge in [-0.2, -0.15) is 0 Å². The average Bonchev–Trinajstić information content (AvgIpc) is 2.15. The zero-order valence-corrected chi connectivity index (χ0v) is 9.52. The number of pyridine rings is 1. The fourth-order valence-corrected chi connectivity index (χ4v) is 1.35. The SMILES string of the molecule is CN(C)C(=O)C(O)c1cncc(Br)c1. The summed E-state index contributed by atoms with van der Waals surface area (Å²) in [5.74, 6) is -0.357. The van der Waals surface area contributed by atoms with E-state index in [2.05, 4.69) is 20.9 Å². The maximum Gasteiger partial charge on any atom is 0.255 e. The Morgan fingerprint density at radius 2 is 2.21 bits per heavy atom. The third kappa shape index (κ3) is 2.52. The molecule has 4 nitrogen and oxygen atoms in total. The number of rotatable bonds is 2. The first-order valence-corrected chi connectivity index (χ1v) is 4.81. The zero-order valence-electron chi connectivity index (χ0n) is 7.94. The van der Waals surface area contributed by atoms with E-state index in [4.69, 9.17) is 0 Å². The van der Waals surface area contributed by atoms with Gasteiger partial charge >= 0.3 is 0 Å². The van der Waals surface area contributed by atoms with Crippen LogP contribution in [0.2, 0.25) is 0 Å². The second-order valence-corrected chi connectivity index (χ2v) is 3.99. The molecule has 0 aliphatic heterocycles. The molecular formula is C9H11BrN2O2. The van der Waals surface area contributed by atoms with Crippen LogP contribution in [0, 0.1) is 0 Å². The molecule has 5 heteroatoms. The Bertz CT molecular complexity index is 341. The third-order valence-corrected chi connectivity index (χ3v) is 2.15. The molecule has 1 atom stereocenters. The lowest BCUT2D eigenvalue weighted by Gasteiger charge is -2.15. The van der Waals surface area contributed by atoms with Crippen molar-refractivity contribution in [1.29, 1.82) is 0 Å². The molecule has 0 aliphatic rings. The highest BCUT2D eigenvalue weighted by molar-refractivity contribution is 9.10. The van der Waals surface area contributed by atoms with Gasteiger partial charge in [0.2, 0.25) is 0 Å². The van der Waals surface area contributed by atoms with E-state index in [-0.39, 0.29) is 5.91 Å². The van der Waals surface area contributed by atoms with Crippen molar-refractivity contribution in [2.24, 2.45) is 0 Å². The maximum atomic E-state index is 11.4. The summed E-state index contributed by atoms with van der Waals surface area (Å²) in [4.78, 5) is 16.6. The topological polar surface area (TPSA) is 53.4 Å². The normalized spacial score (nSPS) is 12.3. The van der Waals surface area contributed by atoms with E-state index in [0.717, 1.165) is 4.47 Å². The van der Waals surface area contributed by atoms with E-state index in [1.807, 2.05) is 0 Å². The van der Waals surface area contributed by atoms with Gasteiger partial charge in [-0.25, -0.2) is 0 Å². The minimum absolute atomic E-state index is 0.357. The summed E-state index contributed by atoms with van der Waals surface area (Å²) in [7, 11) is 3.19. The van der Waals surface area contributed by atoms with Gasteiger partial charge in [0.05, 0.1) is 0 Å². The molecule has 0 aliphatic carbocycles. The highest BCUT2D eigenvalue weighted by Crippen LogP contribution is 2.17. The van der Waals surface area contributed by atoms with Crippen molar-refractivity contribution in [3.63, 3.8) is 0 Å². The van der Waals surface area contributed by atoms with Gasteiger partial charge in [-0.05, 0) is 22.0 Å². The number of aliphatic hydroxyl groups excluding tert-OH is 1. The number of aromatic nitrogens is 1. The van der Waals surface area contributed by atoms with Gasteiger partial charge in [0, 0.05) is 36.5 Å². The van der Waals surface area contributed by atoms with E-state index in [1.165, 1.54) is 11.1 Å². The van der Waals surface area contributed by atoms with Crippen LogP contribution in [-0.4, -0.2) is 35.0 Å². The molecule has 0 fully saturated rings. The molecule has 0 saturated heterocycles. The van der Waals surface area contributed by atoms with E-state index in [0.29, 0.717) is 5.56 Å². The maximum absolute atomic E-state index is 11.4. The molecule has 1 amide bonds. The summed E-state index contributed by atoms with van der Waals surface area (Å²) >= 11 is 3.22. The molecule has 76 valence electrons. The molecule has 0 radical (unpaired) electrons. The van der Waals surface area contributed by atoms with Crippen molar-refractivity contribution in [2.45, 2.75) is 6.10 Å². The van der Waals surface area contributed by atoms with E-state index in [1.54, 1.807) is 26.4 Å². The summed E-state index contributed by atoms with van der Waals surface area (Å²) < 4.78 is 0.737. The number of amides is 1. The van der Waals surface area contributed by atoms with Crippen molar-refractivity contribution in [1.82, 2.24) is 9.88 Å². The molecule has 1 unspecified atom stereocenters. The Kier molecular flexibility index (Phi) is 3.60. The van der Waals surface area contributed by atoms with Gasteiger partial charge in [0.25, 0.3) is 5.91 Å². The molecule has 0 spiro atoms. The van der Waals surface area contributed by atoms with Crippen LogP contribution in [0.4, 0.5) is 0 Å². The number of nitrogens with zero attached hydrogens (tertiary/aromatic N) is 2. The number of carbonyl (C=O) groups is 1. The summed E-state index contributed by atoms with van der Waals surface area (Å²) in [5.41, 5.74) is 0.484. The lowest BCUT2D eigenvalue weighted by molar-refractivity contribution is -0.137. The van der Waals surface area contributed by atoms with Crippen LogP contribution in [0.1, 0.15) is 11.7 Å². The van der Waals surface area contributed by atoms with Crippen LogP contribution < -0.4 is 0 Å². The molecule has 1 heterocycles. The average molecular weight is 259 g/mol. The van der Waals surface area contributed by atoms with Crippen LogP contribution in [-0.2, 0) is 4.79 Å². The van der Waals surface area contributed by atoms with Crippen LogP contribution in [0.5, 0.6) is 0 Å². The van der Waals surface area contributed by atoms with Gasteiger partial charge in [0.15, 0.2) is 6.10 Å². The lowest BCUT2D eigenvalue weighted by Crippen LogP contribution is -2.28. The lowest BCUT2D eigenvalue weighted by atomic mass is 10.1. The Morgan fingerprint density at radius 1 is 1.57 bits per heavy atom. The highest BCUT2D eigenvalue weighted by atomic mass is 79.9. The predicted octanol–water partition coefficient (Wildman–Crippen LogP) is 0.966. The number of hydrogen-bond acceptors (Lipinski definition) is 3. The largest absolute Gasteiger partial charge is 0.378 e. The number of likely N-dealkylation sites (N-methyl/N-ethyl adjacent to an activating group) is 1. The fraction of sp³-hybridized carbons (Fsp3) is 0.333. The Morgan fingerprint density at radius 3 is 2.71 bits per heavy atom. The number of carbonyl (C=O) groups excluding carboxylic acids is 1. The van der Waals surface area contributed by atoms with Crippen LogP contribution in [0.3, 0.4) is 0 Å². The van der Waals surface area contributed by atoms with Crippen LogP contribution in [0.25, 0.3) is 0 Å². The molecule has 1 aromatic heterocycles. The zero-order chi connectivity index (χ0) is 10.7. The molecule has 1 aromatic rings. The number of aliphatic hydroxyl groups is 1. The molecular weight excluding hydrogens is 248 g/mol. The Labute approximate surface area is 90.7 Å². The Balaban J connectivity index is 2.89. The first kappa shape index (κ1) is 11.1. The van der Waals surface area contributed by atoms with Crippen molar-refractivity contribution < 1.29 is 9.90 Å². The van der Waals surface area contributed by atoms with Gasteiger partial charge < -0.3 is 10.0 Å². The molecule has 1 N–H and O–H groups in total. The summed E-state index contributed by atoms with van der Waals surface area (Å²) in [6.45, 7) is 0. The number of halogens is 1. The summed E-state index contributed by atoms with van der Waals surface area (Å²) in [5, 5.41) is 9.63. The molecule has 0 bridgehead atoms. The van der Waals surface area contributed by atoms with Crippen molar-refractivity contribution >= 4 is 21.8 Å². The highest BCUT2D eigenvalue weighted by Gasteiger charge is 2.19. The molecule has 1 rings (SSSR count). The monoisotopic (exact) mass is 258 g/mol. The van der Waals surface area contributed by atoms with Gasteiger partial charge in [-0.15, -0.1) is 0 Å². The standard InChI is InChI=1S/C9H11BrN2O2/c1-12(2)9(14)8(13)6-3-7(10)5-11-4-6/h3-5,8,13H,1-2H3. The molecule has 14 heavy (non-hydrogen) atoms. The Hall–Kier alpha value is -0.940. The van der Waals surface area contributed by atoms with E-state index in [9.17, 15) is 9.90 Å². The smallest absolute Gasteiger partial charge is 0.255 e. The van der Waals surface area contributed by atoms with Gasteiger partial charge in [-0.1, -0.05) is 0 Å². The number of hydrogen-bond donors (Lipinski definition) is 1. The third-order valence-electron chi connectivity index (χ3n) is 1.72. The molecule has 0 aromatic carbocycles. The van der Waals surface area contributed by atoms with E-state index < -0.39 is 6.10 Å². The first-order chi connectivity index (χ1) is 6.52. The second kappa shape index (κ2) is 4.52. The van der Waals surface area contributed by atoms with Gasteiger partial charge in [-0.3, -0.25) is 9.78 Å². The first-order valence-electron chi connectivity index (χ1n) is 4.02. The minimum Gasteiger partial charge on any atom is -0.378 e. The van der Waals surface area contributed by atoms with Gasteiger partial charge in [0.1, 0.15) is 0 Å². The van der Waals surface area contributed by atoms with Crippen LogP contribution in [0.15, 0.2) is 22.9 Å². The predicted molar refractivity (Wildman–Crippen MR) is 55.6 cm³/mol. The van der Waals surface area contributed by atoms with Crippen molar-refractivity contribution in [3.8, 4) is 0 Å². The summed E-state index contributed by atoms with van der Waals surface area (Å²) in [6, 6.07) is 1.67. The molecule has 0 saturated carbocycles. The van der Waals surface area contributed by atoms with E-state index >= 15 is 0 Å². The second-order valence-electron chi connectivity index (χ2n) is 3.07. The quantitative estimate of drug-likeness (QED) is 0.860. The fourth-order valence-electron chi connectivity index (χ4n) is 0.965. The minimum atomic E-state index is -1.14.